The number of hydrogen-bond donors (Lipinski definition) is 5. The molecule has 0 unspecified atom stereocenters. The van der Waals surface area contributed by atoms with Crippen LogP contribution in [0, 0.1) is 11.5 Å². The zero-order valence-corrected chi connectivity index (χ0v) is 25.1. The molecule has 3 aromatic heterocycles. The van der Waals surface area contributed by atoms with Crippen LogP contribution in [-0.4, -0.2) is 78.4 Å². The van der Waals surface area contributed by atoms with E-state index in [2.05, 4.69) is 25.7 Å². The second-order valence-corrected chi connectivity index (χ2v) is 11.4. The van der Waals surface area contributed by atoms with Crippen molar-refractivity contribution in [3.8, 4) is 17.5 Å². The van der Waals surface area contributed by atoms with Gasteiger partial charge in [0, 0.05) is 28.8 Å². The number of nitrogen functional groups attached to an aromatic ring is 1. The van der Waals surface area contributed by atoms with Gasteiger partial charge in [-0.3, -0.25) is 29.7 Å². The lowest BCUT2D eigenvalue weighted by Gasteiger charge is -2.49. The van der Waals surface area contributed by atoms with Crippen LogP contribution in [0.15, 0.2) is 64.6 Å². The van der Waals surface area contributed by atoms with Crippen LogP contribution in [0.25, 0.3) is 11.3 Å². The number of pyridine rings is 1. The molecule has 0 saturated carbocycles. The summed E-state index contributed by atoms with van der Waals surface area (Å²) in [6, 6.07) is 4.14. The number of aromatic amines is 1. The van der Waals surface area contributed by atoms with Gasteiger partial charge >= 0.3 is 5.97 Å². The molecule has 1 fully saturated rings. The van der Waals surface area contributed by atoms with Crippen molar-refractivity contribution in [3.63, 3.8) is 0 Å². The van der Waals surface area contributed by atoms with Crippen LogP contribution in [0.4, 0.5) is 5.13 Å². The molecule has 0 radical (unpaired) electrons. The number of nitrogens with one attached hydrogen (secondary N) is 3. The Morgan fingerprint density at radius 3 is 2.82 bits per heavy atom. The van der Waals surface area contributed by atoms with Crippen LogP contribution < -0.4 is 20.9 Å². The number of carbonyl (C=O) groups excluding carboxylic acids is 3. The summed E-state index contributed by atoms with van der Waals surface area (Å²) in [4.78, 5) is 60.5. The SMILES string of the molecule is CCO/N=C(\C(=O)N[C@@H]1C(=O)N2C(C(=O)O)=C(C=CC[n+]3ccc(-c4cc(C(=O)NC#N)[nH]n4)cc3)CS[C@H]12)c1csc(N)n1. The molecule has 18 heteroatoms. The van der Waals surface area contributed by atoms with Crippen molar-refractivity contribution in [3.05, 3.63) is 70.8 Å². The summed E-state index contributed by atoms with van der Waals surface area (Å²) in [6.07, 6.45) is 8.59. The van der Waals surface area contributed by atoms with E-state index in [1.165, 1.54) is 22.7 Å². The number of aliphatic carboxylic acids is 1. The Morgan fingerprint density at radius 2 is 2.16 bits per heavy atom. The van der Waals surface area contributed by atoms with Gasteiger partial charge in [0.25, 0.3) is 17.7 Å². The number of carboxylic acid groups (broad SMARTS) is 1. The number of β-lactam (4-membered cyclic amide) rings is 1. The minimum Gasteiger partial charge on any atom is -0.477 e. The van der Waals surface area contributed by atoms with Crippen LogP contribution in [0.3, 0.4) is 0 Å². The molecule has 2 atom stereocenters. The van der Waals surface area contributed by atoms with Crippen molar-refractivity contribution >= 4 is 57.6 Å². The van der Waals surface area contributed by atoms with E-state index in [0.29, 0.717) is 23.6 Å². The number of hydrogen-bond acceptors (Lipinski definition) is 12. The number of carboxylic acids is 1. The van der Waals surface area contributed by atoms with Crippen molar-refractivity contribution in [1.82, 2.24) is 30.7 Å². The Hall–Kier alpha value is -5.54. The first-order chi connectivity index (χ1) is 21.7. The molecule has 0 aliphatic carbocycles. The summed E-state index contributed by atoms with van der Waals surface area (Å²) < 4.78 is 1.84. The molecule has 230 valence electrons. The predicted octanol–water partition coefficient (Wildman–Crippen LogP) is 0.349. The van der Waals surface area contributed by atoms with Crippen LogP contribution in [-0.2, 0) is 25.8 Å². The van der Waals surface area contributed by atoms with Crippen molar-refractivity contribution in [2.75, 3.05) is 18.1 Å². The first-order valence-corrected chi connectivity index (χ1v) is 15.2. The highest BCUT2D eigenvalue weighted by atomic mass is 32.2. The number of thioether (sulfide) groups is 1. The summed E-state index contributed by atoms with van der Waals surface area (Å²) >= 11 is 2.45. The standard InChI is InChI=1S/C27H24N10O6S2/c1-2-43-35-19(18-12-45-27(29)31-18)23(39)32-20-24(40)37-21(26(41)42)15(11-44-25(20)37)4-3-7-36-8-5-14(6-9-36)16-10-17(34-33-16)22(38)30-13-28/h3-6,8-10,12,20,25H,2,7,11H2,1H3,(H5,29,30,31,32,38,39,41,42)/p+1/b4-3?,35-19-/t20-,25-/m1/s1. The molecule has 2 aliphatic heterocycles. The number of amides is 3. The Kier molecular flexibility index (Phi) is 9.20. The molecule has 5 rings (SSSR count). The third-order valence-corrected chi connectivity index (χ3v) is 8.54. The van der Waals surface area contributed by atoms with Gasteiger partial charge in [0.1, 0.15) is 35.1 Å². The predicted molar refractivity (Wildman–Crippen MR) is 161 cm³/mol. The van der Waals surface area contributed by atoms with Crippen LogP contribution in [0.1, 0.15) is 23.1 Å². The third kappa shape index (κ3) is 6.53. The molecule has 3 aromatic rings. The summed E-state index contributed by atoms with van der Waals surface area (Å²) in [6.45, 7) is 2.30. The van der Waals surface area contributed by atoms with Gasteiger partial charge in [-0.25, -0.2) is 14.3 Å². The maximum Gasteiger partial charge on any atom is 0.352 e. The van der Waals surface area contributed by atoms with Gasteiger partial charge in [0.2, 0.25) is 0 Å². The highest BCUT2D eigenvalue weighted by Crippen LogP contribution is 2.40. The first kappa shape index (κ1) is 30.9. The monoisotopic (exact) mass is 649 g/mol. The summed E-state index contributed by atoms with van der Waals surface area (Å²) in [5.41, 5.74) is 7.46. The minimum absolute atomic E-state index is 0.142. The summed E-state index contributed by atoms with van der Waals surface area (Å²) in [5, 5.41) is 34.9. The number of fused-ring (bicyclic) bond motifs is 1. The van der Waals surface area contributed by atoms with Gasteiger partial charge in [0.05, 0.1) is 5.69 Å². The Bertz CT molecular complexity index is 1790. The molecule has 0 bridgehead atoms. The highest BCUT2D eigenvalue weighted by Gasteiger charge is 2.54. The number of anilines is 1. The third-order valence-electron chi connectivity index (χ3n) is 6.57. The zero-order chi connectivity index (χ0) is 32.1. The van der Waals surface area contributed by atoms with Crippen molar-refractivity contribution in [2.45, 2.75) is 24.9 Å². The molecule has 3 amide bonds. The smallest absolute Gasteiger partial charge is 0.352 e. The highest BCUT2D eigenvalue weighted by molar-refractivity contribution is 8.00. The number of H-pyrrole nitrogens is 1. The lowest BCUT2D eigenvalue weighted by Crippen LogP contribution is -2.71. The number of rotatable bonds is 11. The number of oxime groups is 1. The van der Waals surface area contributed by atoms with Crippen LogP contribution >= 0.6 is 23.1 Å². The van der Waals surface area contributed by atoms with Crippen LogP contribution in [0.5, 0.6) is 0 Å². The van der Waals surface area contributed by atoms with Gasteiger partial charge < -0.3 is 21.0 Å². The fourth-order valence-corrected chi connectivity index (χ4v) is 6.35. The minimum atomic E-state index is -1.26. The van der Waals surface area contributed by atoms with E-state index < -0.39 is 35.1 Å². The van der Waals surface area contributed by atoms with E-state index in [9.17, 15) is 24.3 Å². The maximum atomic E-state index is 13.1. The van der Waals surface area contributed by atoms with E-state index in [-0.39, 0.29) is 34.5 Å². The van der Waals surface area contributed by atoms with Crippen molar-refractivity contribution in [2.24, 2.45) is 5.16 Å². The molecular formula is C27H25N10O6S2+. The molecule has 0 aromatic carbocycles. The average Bonchev–Trinajstić information content (AvgIpc) is 3.70. The van der Waals surface area contributed by atoms with E-state index in [0.717, 1.165) is 16.9 Å². The average molecular weight is 650 g/mol. The number of nitrogens with two attached hydrogens (primary N) is 1. The fourth-order valence-electron chi connectivity index (χ4n) is 4.48. The number of allylic oxidation sites excluding steroid dienone is 2. The number of thiazole rings is 1. The first-order valence-electron chi connectivity index (χ1n) is 13.3. The Labute approximate surface area is 263 Å². The van der Waals surface area contributed by atoms with E-state index in [1.807, 2.05) is 9.88 Å². The second kappa shape index (κ2) is 13.4. The second-order valence-electron chi connectivity index (χ2n) is 9.39. The van der Waals surface area contributed by atoms with Gasteiger partial charge in [-0.1, -0.05) is 11.2 Å². The van der Waals surface area contributed by atoms with Crippen LogP contribution in [0.2, 0.25) is 0 Å². The number of aromatic nitrogens is 4. The zero-order valence-electron chi connectivity index (χ0n) is 23.5. The molecule has 1 saturated heterocycles. The van der Waals surface area contributed by atoms with Crippen molar-refractivity contribution < 1.29 is 33.7 Å². The Balaban J connectivity index is 1.24. The normalized spacial score (nSPS) is 17.8. The van der Waals surface area contributed by atoms with E-state index >= 15 is 0 Å². The molecule has 16 nitrogen and oxygen atoms in total. The molecule has 2 aliphatic rings. The topological polar surface area (TPSA) is 233 Å². The number of nitrogens with zero attached hydrogens (tertiary/aromatic N) is 6. The fraction of sp³-hybridized carbons (Fsp3) is 0.222. The molecule has 0 spiro atoms. The quantitative estimate of drug-likeness (QED) is 0.0475. The molecule has 6 N–H and O–H groups in total. The summed E-state index contributed by atoms with van der Waals surface area (Å²) in [7, 11) is 0. The van der Waals surface area contributed by atoms with E-state index in [4.69, 9.17) is 15.8 Å². The molecule has 45 heavy (non-hydrogen) atoms. The number of nitriles is 1. The lowest BCUT2D eigenvalue weighted by molar-refractivity contribution is -0.686. The Morgan fingerprint density at radius 1 is 1.38 bits per heavy atom. The van der Waals surface area contributed by atoms with Gasteiger partial charge in [0.15, 0.2) is 36.0 Å². The van der Waals surface area contributed by atoms with Gasteiger partial charge in [-0.05, 0) is 24.6 Å². The van der Waals surface area contributed by atoms with E-state index in [1.54, 1.807) is 55.2 Å². The number of carbonyl (C=O) groups is 4. The summed E-state index contributed by atoms with van der Waals surface area (Å²) in [5.74, 6) is -2.80. The van der Waals surface area contributed by atoms with Gasteiger partial charge in [-0.2, -0.15) is 10.4 Å². The van der Waals surface area contributed by atoms with Crippen molar-refractivity contribution in [1.29, 1.82) is 5.26 Å². The largest absolute Gasteiger partial charge is 0.477 e. The van der Waals surface area contributed by atoms with Gasteiger partial charge in [-0.15, -0.1) is 23.1 Å². The maximum absolute atomic E-state index is 13.1. The lowest BCUT2D eigenvalue weighted by atomic mass is 10.0. The molecule has 5 heterocycles. The molecular weight excluding hydrogens is 624 g/mol.